The first-order valence-electron chi connectivity index (χ1n) is 1.73. The van der Waals surface area contributed by atoms with E-state index in [2.05, 4.69) is 17.4 Å². The van der Waals surface area contributed by atoms with Gasteiger partial charge in [0.25, 0.3) is 14.1 Å². The fourth-order valence-electron chi connectivity index (χ4n) is 0. The van der Waals surface area contributed by atoms with Crippen LogP contribution in [0.2, 0.25) is 17.4 Å². The maximum atomic E-state index is 2.31. The van der Waals surface area contributed by atoms with Crippen LogP contribution in [0, 0.1) is 0 Å². The van der Waals surface area contributed by atoms with E-state index in [-0.39, 0.29) is 35.9 Å². The van der Waals surface area contributed by atoms with Gasteiger partial charge in [-0.05, 0) is 0 Å². The molecule has 0 aliphatic rings. The van der Waals surface area contributed by atoms with E-state index < -0.39 is 0 Å². The summed E-state index contributed by atoms with van der Waals surface area (Å²) in [6.45, 7) is 0. The Morgan fingerprint density at radius 1 is 1.00 bits per heavy atom. The molecule has 0 nitrogen and oxygen atoms in total. The molecule has 0 bridgehead atoms. The van der Waals surface area contributed by atoms with Crippen LogP contribution < -0.4 is 0 Å². The summed E-state index contributed by atoms with van der Waals surface area (Å²) in [7, 11) is 0. The average Bonchev–Trinajstić information content (AvgIpc) is 0.811. The Balaban J connectivity index is 0. The van der Waals surface area contributed by atoms with Gasteiger partial charge in [-0.1, -0.05) is 0 Å². The molecule has 0 aliphatic carbocycles. The van der Waals surface area contributed by atoms with Crippen LogP contribution in [0.15, 0.2) is 0 Å². The van der Waals surface area contributed by atoms with E-state index in [1.54, 1.807) is 0 Å². The number of hydrogen-bond acceptors (Lipinski definition) is 0. The van der Waals surface area contributed by atoms with Crippen LogP contribution in [-0.2, 0) is 21.7 Å². The maximum Gasteiger partial charge on any atom is 0.251 e. The molecule has 0 heterocycles. The molecule has 28 valence electrons. The van der Waals surface area contributed by atoms with Crippen molar-refractivity contribution in [1.82, 2.24) is 0 Å². The molecule has 2 heteroatoms. The van der Waals surface area contributed by atoms with Gasteiger partial charge in [-0.3, -0.25) is 0 Å². The second-order valence-electron chi connectivity index (χ2n) is 1.73. The average molecular weight is 120 g/mol. The van der Waals surface area contributed by atoms with Crippen molar-refractivity contribution in [3.8, 4) is 0 Å². The predicted octanol–water partition coefficient (Wildman–Crippen LogP) is 1.37. The molecule has 0 amide bonds. The van der Waals surface area contributed by atoms with Gasteiger partial charge in [-0.15, -0.1) is 17.4 Å². The summed E-state index contributed by atoms with van der Waals surface area (Å²) in [4.78, 5) is 0. The summed E-state index contributed by atoms with van der Waals surface area (Å²) in [5, 5.41) is 0. The molecule has 0 saturated carbocycles. The van der Waals surface area contributed by atoms with E-state index in [1.165, 1.54) is 0 Å². The van der Waals surface area contributed by atoms with Crippen LogP contribution in [0.25, 0.3) is 0 Å². The topological polar surface area (TPSA) is 0 Å². The summed E-state index contributed by atoms with van der Waals surface area (Å²) in [6.07, 6.45) is 0. The predicted molar refractivity (Wildman–Crippen MR) is 23.3 cm³/mol. The first-order valence-corrected chi connectivity index (χ1v) is 5.20. The molecule has 0 aromatic rings. The SMILES string of the molecule is [CH3][Al]([CH3])[CH3].[Ti]. The molecule has 0 unspecified atom stereocenters. The normalized spacial score (nSPS) is 5.40. The van der Waals surface area contributed by atoms with Gasteiger partial charge in [0.2, 0.25) is 0 Å². The molecule has 0 aliphatic heterocycles. The van der Waals surface area contributed by atoms with Gasteiger partial charge in [-0.2, -0.15) is 0 Å². The second kappa shape index (κ2) is 5.25. The number of rotatable bonds is 0. The smallest absolute Gasteiger partial charge is 0.106 e. The molecular formula is C3H9AlTi. The van der Waals surface area contributed by atoms with Crippen LogP contribution in [0.4, 0.5) is 0 Å². The monoisotopic (exact) mass is 120 g/mol. The van der Waals surface area contributed by atoms with E-state index in [9.17, 15) is 0 Å². The first kappa shape index (κ1) is 9.54. The van der Waals surface area contributed by atoms with E-state index >= 15 is 0 Å². The van der Waals surface area contributed by atoms with E-state index in [0.29, 0.717) is 0 Å². The Morgan fingerprint density at radius 3 is 1.00 bits per heavy atom. The van der Waals surface area contributed by atoms with E-state index in [1.807, 2.05) is 0 Å². The van der Waals surface area contributed by atoms with Crippen molar-refractivity contribution in [1.29, 1.82) is 0 Å². The third kappa shape index (κ3) is 35.6. The van der Waals surface area contributed by atoms with Gasteiger partial charge in [0.05, 0.1) is 0 Å². The molecule has 0 aromatic carbocycles. The minimum atomic E-state index is -0.139. The second-order valence-corrected chi connectivity index (χ2v) is 5.20. The van der Waals surface area contributed by atoms with Crippen LogP contribution in [0.5, 0.6) is 0 Å². The van der Waals surface area contributed by atoms with Gasteiger partial charge in [0.1, 0.15) is 0 Å². The molecule has 0 saturated heterocycles. The van der Waals surface area contributed by atoms with Crippen LogP contribution >= 0.6 is 0 Å². The minimum absolute atomic E-state index is 0. The van der Waals surface area contributed by atoms with Gasteiger partial charge in [-0.25, -0.2) is 0 Å². The zero-order chi connectivity index (χ0) is 3.58. The third-order valence-electron chi connectivity index (χ3n) is 0. The van der Waals surface area contributed by atoms with Crippen molar-refractivity contribution >= 4 is 14.1 Å². The molecule has 0 aromatic heterocycles. The largest absolute Gasteiger partial charge is 0.251 e. The summed E-state index contributed by atoms with van der Waals surface area (Å²) >= 11 is -0.139. The molecule has 0 spiro atoms. The Kier molecular flexibility index (Phi) is 10.0. The van der Waals surface area contributed by atoms with Crippen LogP contribution in [-0.4, -0.2) is 14.1 Å². The van der Waals surface area contributed by atoms with Crippen molar-refractivity contribution in [2.75, 3.05) is 0 Å². The maximum absolute atomic E-state index is 2.31. The van der Waals surface area contributed by atoms with Gasteiger partial charge in [0.15, 0.2) is 0 Å². The Labute approximate surface area is 53.2 Å². The van der Waals surface area contributed by atoms with Gasteiger partial charge < -0.3 is 0 Å². The number of hydrogen-bond donors (Lipinski definition) is 0. The molecule has 0 rings (SSSR count). The summed E-state index contributed by atoms with van der Waals surface area (Å²) < 4.78 is 0. The van der Waals surface area contributed by atoms with Crippen molar-refractivity contribution < 1.29 is 21.7 Å². The minimum Gasteiger partial charge on any atom is -0.106 e. The van der Waals surface area contributed by atoms with E-state index in [4.69, 9.17) is 0 Å². The van der Waals surface area contributed by atoms with Crippen molar-refractivity contribution in [2.45, 2.75) is 17.4 Å². The first-order chi connectivity index (χ1) is 1.73. The molecular weight excluding hydrogens is 111 g/mol. The summed E-state index contributed by atoms with van der Waals surface area (Å²) in [5.41, 5.74) is 0. The third-order valence-corrected chi connectivity index (χ3v) is 0. The molecule has 5 heavy (non-hydrogen) atoms. The Morgan fingerprint density at radius 2 is 1.00 bits per heavy atom. The van der Waals surface area contributed by atoms with Crippen LogP contribution in [0.3, 0.4) is 0 Å². The molecule has 0 N–H and O–H groups in total. The quantitative estimate of drug-likeness (QED) is 0.423. The van der Waals surface area contributed by atoms with Crippen molar-refractivity contribution in [3.05, 3.63) is 0 Å². The van der Waals surface area contributed by atoms with E-state index in [0.717, 1.165) is 0 Å². The van der Waals surface area contributed by atoms with Crippen LogP contribution in [0.1, 0.15) is 0 Å². The fourth-order valence-corrected chi connectivity index (χ4v) is 0. The Hall–Kier alpha value is 1.25. The zero-order valence-corrected chi connectivity index (χ0v) is 6.79. The Bertz CT molecular complexity index is 11.6. The molecule has 0 fully saturated rings. The molecule has 0 radical (unpaired) electrons. The fraction of sp³-hybridized carbons (Fsp3) is 1.00. The van der Waals surface area contributed by atoms with Gasteiger partial charge >= 0.3 is 0 Å². The van der Waals surface area contributed by atoms with Gasteiger partial charge in [0, 0.05) is 21.7 Å². The summed E-state index contributed by atoms with van der Waals surface area (Å²) in [6, 6.07) is 0. The molecule has 0 atom stereocenters. The van der Waals surface area contributed by atoms with Crippen molar-refractivity contribution in [2.24, 2.45) is 0 Å². The summed E-state index contributed by atoms with van der Waals surface area (Å²) in [5.74, 6) is 6.92. The van der Waals surface area contributed by atoms with Crippen molar-refractivity contribution in [3.63, 3.8) is 0 Å². The zero-order valence-electron chi connectivity index (χ0n) is 4.08. The standard InChI is InChI=1S/3CH3.Al.Ti/h3*1H3;;.